The van der Waals surface area contributed by atoms with Gasteiger partial charge in [-0.3, -0.25) is 4.79 Å². The van der Waals surface area contributed by atoms with Crippen molar-refractivity contribution >= 4 is 5.91 Å². The van der Waals surface area contributed by atoms with Crippen LogP contribution in [-0.4, -0.2) is 54.5 Å². The number of nitrogens with two attached hydrogens (primary N) is 1. The van der Waals surface area contributed by atoms with Crippen molar-refractivity contribution in [3.63, 3.8) is 0 Å². The standard InChI is InChI=1S/C19H29N3O/c1-18(2,17(23)22-12-10-21(3)11-13-22)16-7-5-4-6-15(16)14-19(20)8-9-19/h4-7H,8-14,20H2,1-3H3. The lowest BCUT2D eigenvalue weighted by Gasteiger charge is -2.38. The minimum absolute atomic E-state index is 0.0386. The van der Waals surface area contributed by atoms with Crippen LogP contribution in [0.2, 0.25) is 0 Å². The third-order valence-electron chi connectivity index (χ3n) is 5.45. The predicted molar refractivity (Wildman–Crippen MR) is 93.4 cm³/mol. The summed E-state index contributed by atoms with van der Waals surface area (Å²) in [7, 11) is 2.11. The molecule has 1 aromatic rings. The molecule has 1 aliphatic carbocycles. The smallest absolute Gasteiger partial charge is 0.232 e. The summed E-state index contributed by atoms with van der Waals surface area (Å²) in [6.07, 6.45) is 3.06. The molecule has 2 aliphatic rings. The lowest BCUT2D eigenvalue weighted by atomic mass is 9.79. The fourth-order valence-electron chi connectivity index (χ4n) is 3.52. The maximum Gasteiger partial charge on any atom is 0.232 e. The maximum absolute atomic E-state index is 13.1. The minimum atomic E-state index is -0.502. The average molecular weight is 315 g/mol. The molecule has 2 N–H and O–H groups in total. The van der Waals surface area contributed by atoms with Crippen LogP contribution >= 0.6 is 0 Å². The third kappa shape index (κ3) is 3.43. The van der Waals surface area contributed by atoms with Gasteiger partial charge in [0.2, 0.25) is 5.91 Å². The van der Waals surface area contributed by atoms with Gasteiger partial charge >= 0.3 is 0 Å². The molecule has 0 atom stereocenters. The number of carbonyl (C=O) groups is 1. The maximum atomic E-state index is 13.1. The van der Waals surface area contributed by atoms with Crippen LogP contribution in [0.4, 0.5) is 0 Å². The molecule has 3 rings (SSSR count). The van der Waals surface area contributed by atoms with Gasteiger partial charge < -0.3 is 15.5 Å². The van der Waals surface area contributed by atoms with Crippen LogP contribution in [-0.2, 0) is 16.6 Å². The fraction of sp³-hybridized carbons (Fsp3) is 0.632. The van der Waals surface area contributed by atoms with Crippen LogP contribution < -0.4 is 5.73 Å². The Morgan fingerprint density at radius 2 is 1.78 bits per heavy atom. The van der Waals surface area contributed by atoms with E-state index in [0.29, 0.717) is 0 Å². The average Bonchev–Trinajstić information content (AvgIpc) is 3.25. The van der Waals surface area contributed by atoms with Crippen LogP contribution in [0, 0.1) is 0 Å². The zero-order chi connectivity index (χ0) is 16.7. The van der Waals surface area contributed by atoms with Gasteiger partial charge in [-0.15, -0.1) is 0 Å². The molecule has 4 heteroatoms. The molecule has 1 saturated heterocycles. The van der Waals surface area contributed by atoms with Crippen molar-refractivity contribution in [2.45, 2.75) is 44.1 Å². The van der Waals surface area contributed by atoms with Gasteiger partial charge in [-0.1, -0.05) is 24.3 Å². The monoisotopic (exact) mass is 315 g/mol. The van der Waals surface area contributed by atoms with Crippen LogP contribution in [0.3, 0.4) is 0 Å². The van der Waals surface area contributed by atoms with E-state index in [2.05, 4.69) is 44.0 Å². The first-order valence-corrected chi connectivity index (χ1v) is 8.67. The quantitative estimate of drug-likeness (QED) is 0.921. The first-order valence-electron chi connectivity index (χ1n) is 8.67. The Morgan fingerprint density at radius 1 is 1.17 bits per heavy atom. The van der Waals surface area contributed by atoms with Crippen LogP contribution in [0.5, 0.6) is 0 Å². The van der Waals surface area contributed by atoms with Crippen molar-refractivity contribution in [1.29, 1.82) is 0 Å². The molecule has 0 unspecified atom stereocenters. The molecule has 1 heterocycles. The van der Waals surface area contributed by atoms with E-state index in [1.165, 1.54) is 5.56 Å². The van der Waals surface area contributed by atoms with Gasteiger partial charge in [0.05, 0.1) is 5.41 Å². The molecule has 126 valence electrons. The molecule has 0 bridgehead atoms. The fourth-order valence-corrected chi connectivity index (χ4v) is 3.52. The van der Waals surface area contributed by atoms with E-state index < -0.39 is 5.41 Å². The van der Waals surface area contributed by atoms with Gasteiger partial charge in [0.1, 0.15) is 0 Å². The number of likely N-dealkylation sites (N-methyl/N-ethyl adjacent to an activating group) is 1. The Hall–Kier alpha value is -1.39. The summed E-state index contributed by atoms with van der Waals surface area (Å²) in [5.41, 5.74) is 8.16. The normalized spacial score (nSPS) is 21.3. The molecule has 0 radical (unpaired) electrons. The number of amides is 1. The second-order valence-electron chi connectivity index (χ2n) is 7.92. The second kappa shape index (κ2) is 5.91. The van der Waals surface area contributed by atoms with E-state index in [9.17, 15) is 4.79 Å². The molecule has 1 aromatic carbocycles. The summed E-state index contributed by atoms with van der Waals surface area (Å²) in [5.74, 6) is 0.236. The lowest BCUT2D eigenvalue weighted by molar-refractivity contribution is -0.137. The highest BCUT2D eigenvalue weighted by molar-refractivity contribution is 5.88. The number of rotatable bonds is 4. The summed E-state index contributed by atoms with van der Waals surface area (Å²) in [6.45, 7) is 7.67. The van der Waals surface area contributed by atoms with Crippen LogP contribution in [0.15, 0.2) is 24.3 Å². The van der Waals surface area contributed by atoms with E-state index in [-0.39, 0.29) is 11.4 Å². The Morgan fingerprint density at radius 3 is 2.39 bits per heavy atom. The highest BCUT2D eigenvalue weighted by Crippen LogP contribution is 2.38. The minimum Gasteiger partial charge on any atom is -0.339 e. The van der Waals surface area contributed by atoms with E-state index in [1.54, 1.807) is 0 Å². The number of piperazine rings is 1. The molecule has 23 heavy (non-hydrogen) atoms. The van der Waals surface area contributed by atoms with Crippen molar-refractivity contribution in [3.8, 4) is 0 Å². The van der Waals surface area contributed by atoms with Crippen molar-refractivity contribution in [2.24, 2.45) is 5.73 Å². The van der Waals surface area contributed by atoms with Crippen molar-refractivity contribution in [2.75, 3.05) is 33.2 Å². The van der Waals surface area contributed by atoms with Crippen molar-refractivity contribution in [1.82, 2.24) is 9.80 Å². The van der Waals surface area contributed by atoms with E-state index in [4.69, 9.17) is 5.73 Å². The third-order valence-corrected chi connectivity index (χ3v) is 5.45. The summed E-state index contributed by atoms with van der Waals surface area (Å²) < 4.78 is 0. The number of hydrogen-bond acceptors (Lipinski definition) is 3. The van der Waals surface area contributed by atoms with Gasteiger partial charge in [-0.05, 0) is 51.3 Å². The molecule has 0 spiro atoms. The molecule has 1 saturated carbocycles. The Kier molecular flexibility index (Phi) is 4.23. The predicted octanol–water partition coefficient (Wildman–Crippen LogP) is 1.77. The zero-order valence-corrected chi connectivity index (χ0v) is 14.6. The van der Waals surface area contributed by atoms with Gasteiger partial charge in [0.15, 0.2) is 0 Å². The van der Waals surface area contributed by atoms with Gasteiger partial charge in [0, 0.05) is 31.7 Å². The number of nitrogens with zero attached hydrogens (tertiary/aromatic N) is 2. The van der Waals surface area contributed by atoms with Gasteiger partial charge in [0.25, 0.3) is 0 Å². The first kappa shape index (κ1) is 16.5. The topological polar surface area (TPSA) is 49.6 Å². The molecular formula is C19H29N3O. The van der Waals surface area contributed by atoms with Gasteiger partial charge in [-0.2, -0.15) is 0 Å². The number of benzene rings is 1. The summed E-state index contributed by atoms with van der Waals surface area (Å²) in [5, 5.41) is 0. The molecule has 1 amide bonds. The summed E-state index contributed by atoms with van der Waals surface area (Å²) in [6, 6.07) is 8.34. The summed E-state index contributed by atoms with van der Waals surface area (Å²) >= 11 is 0. The van der Waals surface area contributed by atoms with Crippen molar-refractivity contribution in [3.05, 3.63) is 35.4 Å². The van der Waals surface area contributed by atoms with Crippen LogP contribution in [0.1, 0.15) is 37.8 Å². The Labute approximate surface area is 139 Å². The Bertz CT molecular complexity index is 584. The SMILES string of the molecule is CN1CCN(C(=O)C(C)(C)c2ccccc2CC2(N)CC2)CC1. The number of hydrogen-bond donors (Lipinski definition) is 1. The largest absolute Gasteiger partial charge is 0.339 e. The highest BCUT2D eigenvalue weighted by Gasteiger charge is 2.41. The van der Waals surface area contributed by atoms with E-state index in [1.807, 2.05) is 11.0 Å². The molecule has 0 aromatic heterocycles. The molecule has 4 nitrogen and oxygen atoms in total. The highest BCUT2D eigenvalue weighted by atomic mass is 16.2. The second-order valence-corrected chi connectivity index (χ2v) is 7.92. The zero-order valence-electron chi connectivity index (χ0n) is 14.6. The molecule has 1 aliphatic heterocycles. The number of carbonyl (C=O) groups excluding carboxylic acids is 1. The van der Waals surface area contributed by atoms with Gasteiger partial charge in [-0.25, -0.2) is 0 Å². The van der Waals surface area contributed by atoms with E-state index >= 15 is 0 Å². The van der Waals surface area contributed by atoms with E-state index in [0.717, 1.165) is 51.0 Å². The lowest BCUT2D eigenvalue weighted by Crippen LogP contribution is -2.52. The first-order chi connectivity index (χ1) is 10.8. The molecule has 2 fully saturated rings. The van der Waals surface area contributed by atoms with Crippen molar-refractivity contribution < 1.29 is 4.79 Å². The Balaban J connectivity index is 1.82. The van der Waals surface area contributed by atoms with Crippen LogP contribution in [0.25, 0.3) is 0 Å². The molecular weight excluding hydrogens is 286 g/mol. The summed E-state index contributed by atoms with van der Waals surface area (Å²) in [4.78, 5) is 17.4.